The number of para-hydroxylation sites is 2. The molecule has 0 spiro atoms. The van der Waals surface area contributed by atoms with Crippen molar-refractivity contribution < 1.29 is 4.42 Å². The molecular formula is C54H36N2O. The Bertz CT molecular complexity index is 3220. The monoisotopic (exact) mass is 728 g/mol. The maximum Gasteiger partial charge on any atom is 0.135 e. The lowest BCUT2D eigenvalue weighted by atomic mass is 9.92. The third-order valence-electron chi connectivity index (χ3n) is 11.2. The van der Waals surface area contributed by atoms with Gasteiger partial charge in [0.05, 0.1) is 11.0 Å². The standard InChI is InChI=1S/C54H36N2O/c1-4-15-37(16-5-1)38-27-29-41(30-28-38)55(43-32-34-53-48(35-43)46-23-12-13-26-52(46)57-53)42-31-33-50-49(36-42)54-47(24-14-25-51(54)56(50)40-19-8-3-9-20-40)45-22-11-10-21-44(45)39-17-6-2-7-18-39/h1-36H. The lowest BCUT2D eigenvalue weighted by Crippen LogP contribution is -2.09. The SMILES string of the molecule is c1ccc(-c2ccc(N(c3ccc4oc5ccccc5c4c3)c3ccc4c(c3)c3c(-c5ccccc5-c5ccccc5)cccc3n4-c3ccccc3)cc2)cc1. The topological polar surface area (TPSA) is 21.3 Å². The average Bonchev–Trinajstić information content (AvgIpc) is 3.83. The Morgan fingerprint density at radius 3 is 1.67 bits per heavy atom. The van der Waals surface area contributed by atoms with Crippen LogP contribution in [0.25, 0.3) is 82.8 Å². The van der Waals surface area contributed by atoms with E-state index in [-0.39, 0.29) is 0 Å². The fraction of sp³-hybridized carbons (Fsp3) is 0. The van der Waals surface area contributed by atoms with Gasteiger partial charge in [0, 0.05) is 44.3 Å². The van der Waals surface area contributed by atoms with Gasteiger partial charge < -0.3 is 13.9 Å². The summed E-state index contributed by atoms with van der Waals surface area (Å²) in [5.41, 5.74) is 15.6. The van der Waals surface area contributed by atoms with E-state index in [1.54, 1.807) is 0 Å². The molecule has 0 radical (unpaired) electrons. The molecule has 0 amide bonds. The van der Waals surface area contributed by atoms with Gasteiger partial charge in [-0.15, -0.1) is 0 Å². The molecule has 0 bridgehead atoms. The summed E-state index contributed by atoms with van der Waals surface area (Å²) in [7, 11) is 0. The highest BCUT2D eigenvalue weighted by molar-refractivity contribution is 6.18. The van der Waals surface area contributed by atoms with Crippen LogP contribution in [0.4, 0.5) is 17.1 Å². The van der Waals surface area contributed by atoms with E-state index in [9.17, 15) is 0 Å². The molecule has 0 saturated carbocycles. The van der Waals surface area contributed by atoms with E-state index < -0.39 is 0 Å². The Balaban J connectivity index is 1.17. The molecule has 9 aromatic carbocycles. The first-order valence-electron chi connectivity index (χ1n) is 19.4. The molecule has 11 rings (SSSR count). The second-order valence-corrected chi connectivity index (χ2v) is 14.5. The Morgan fingerprint density at radius 1 is 0.333 bits per heavy atom. The fourth-order valence-electron chi connectivity index (χ4n) is 8.60. The van der Waals surface area contributed by atoms with Crippen molar-refractivity contribution in [2.45, 2.75) is 0 Å². The van der Waals surface area contributed by atoms with Crippen LogP contribution in [0.15, 0.2) is 223 Å². The minimum Gasteiger partial charge on any atom is -0.456 e. The number of fused-ring (bicyclic) bond motifs is 6. The predicted molar refractivity (Wildman–Crippen MR) is 239 cm³/mol. The van der Waals surface area contributed by atoms with Gasteiger partial charge in [-0.3, -0.25) is 0 Å². The zero-order valence-electron chi connectivity index (χ0n) is 31.1. The van der Waals surface area contributed by atoms with Crippen LogP contribution < -0.4 is 4.90 Å². The Hall–Kier alpha value is -7.62. The van der Waals surface area contributed by atoms with E-state index in [1.807, 2.05) is 12.1 Å². The van der Waals surface area contributed by atoms with Gasteiger partial charge in [0.25, 0.3) is 0 Å². The molecule has 0 atom stereocenters. The highest BCUT2D eigenvalue weighted by atomic mass is 16.3. The molecule has 0 saturated heterocycles. The van der Waals surface area contributed by atoms with Gasteiger partial charge in [-0.1, -0.05) is 146 Å². The fourth-order valence-corrected chi connectivity index (χ4v) is 8.60. The molecule has 0 aliphatic heterocycles. The minimum absolute atomic E-state index is 0.877. The molecule has 0 N–H and O–H groups in total. The third kappa shape index (κ3) is 5.60. The summed E-state index contributed by atoms with van der Waals surface area (Å²) in [4.78, 5) is 2.38. The van der Waals surface area contributed by atoms with Crippen molar-refractivity contribution in [3.63, 3.8) is 0 Å². The van der Waals surface area contributed by atoms with Gasteiger partial charge in [-0.25, -0.2) is 0 Å². The Kier molecular flexibility index (Phi) is 7.82. The lowest BCUT2D eigenvalue weighted by molar-refractivity contribution is 0.669. The number of anilines is 3. The van der Waals surface area contributed by atoms with Crippen LogP contribution in [0.2, 0.25) is 0 Å². The molecule has 0 unspecified atom stereocenters. The molecule has 0 aliphatic carbocycles. The van der Waals surface area contributed by atoms with Crippen LogP contribution in [0.1, 0.15) is 0 Å². The van der Waals surface area contributed by atoms with Gasteiger partial charge >= 0.3 is 0 Å². The van der Waals surface area contributed by atoms with Crippen molar-refractivity contribution in [3.8, 4) is 39.1 Å². The molecule has 0 aliphatic rings. The van der Waals surface area contributed by atoms with Crippen molar-refractivity contribution in [2.75, 3.05) is 4.90 Å². The first-order chi connectivity index (χ1) is 28.3. The molecule has 57 heavy (non-hydrogen) atoms. The van der Waals surface area contributed by atoms with E-state index in [1.165, 1.54) is 49.7 Å². The number of furan rings is 1. The van der Waals surface area contributed by atoms with Crippen molar-refractivity contribution in [2.24, 2.45) is 0 Å². The largest absolute Gasteiger partial charge is 0.456 e. The molecule has 2 aromatic heterocycles. The summed E-state index contributed by atoms with van der Waals surface area (Å²) in [5, 5.41) is 4.61. The zero-order chi connectivity index (χ0) is 37.7. The zero-order valence-corrected chi connectivity index (χ0v) is 31.1. The first-order valence-corrected chi connectivity index (χ1v) is 19.4. The first kappa shape index (κ1) is 32.8. The van der Waals surface area contributed by atoms with Gasteiger partial charge in [-0.2, -0.15) is 0 Å². The van der Waals surface area contributed by atoms with Crippen molar-refractivity contribution in [1.82, 2.24) is 4.57 Å². The van der Waals surface area contributed by atoms with Crippen LogP contribution in [-0.4, -0.2) is 4.57 Å². The van der Waals surface area contributed by atoms with Crippen molar-refractivity contribution >= 4 is 60.8 Å². The molecule has 268 valence electrons. The minimum atomic E-state index is 0.877. The van der Waals surface area contributed by atoms with E-state index in [2.05, 4.69) is 216 Å². The van der Waals surface area contributed by atoms with Crippen LogP contribution in [-0.2, 0) is 0 Å². The van der Waals surface area contributed by atoms with Crippen LogP contribution in [0.3, 0.4) is 0 Å². The maximum atomic E-state index is 6.29. The average molecular weight is 729 g/mol. The summed E-state index contributed by atoms with van der Waals surface area (Å²) in [5.74, 6) is 0. The molecule has 2 heterocycles. The van der Waals surface area contributed by atoms with Crippen LogP contribution in [0, 0.1) is 0 Å². The van der Waals surface area contributed by atoms with E-state index in [0.717, 1.165) is 50.2 Å². The summed E-state index contributed by atoms with van der Waals surface area (Å²) in [6, 6.07) is 78.2. The number of nitrogens with zero attached hydrogens (tertiary/aromatic N) is 2. The normalized spacial score (nSPS) is 11.5. The molecular weight excluding hydrogens is 693 g/mol. The number of hydrogen-bond donors (Lipinski definition) is 0. The molecule has 11 aromatic rings. The molecule has 0 fully saturated rings. The second kappa shape index (κ2) is 13.6. The maximum absolute atomic E-state index is 6.29. The second-order valence-electron chi connectivity index (χ2n) is 14.5. The van der Waals surface area contributed by atoms with Crippen molar-refractivity contribution in [1.29, 1.82) is 0 Å². The van der Waals surface area contributed by atoms with Gasteiger partial charge in [0.2, 0.25) is 0 Å². The van der Waals surface area contributed by atoms with E-state index in [4.69, 9.17) is 4.42 Å². The lowest BCUT2D eigenvalue weighted by Gasteiger charge is -2.26. The highest BCUT2D eigenvalue weighted by Gasteiger charge is 2.21. The highest BCUT2D eigenvalue weighted by Crippen LogP contribution is 2.45. The Morgan fingerprint density at radius 2 is 0.895 bits per heavy atom. The van der Waals surface area contributed by atoms with E-state index >= 15 is 0 Å². The quantitative estimate of drug-likeness (QED) is 0.163. The van der Waals surface area contributed by atoms with E-state index in [0.29, 0.717) is 0 Å². The smallest absolute Gasteiger partial charge is 0.135 e. The number of aromatic nitrogens is 1. The molecule has 3 heteroatoms. The summed E-state index contributed by atoms with van der Waals surface area (Å²) in [6.45, 7) is 0. The molecule has 3 nitrogen and oxygen atoms in total. The third-order valence-corrected chi connectivity index (χ3v) is 11.2. The summed E-state index contributed by atoms with van der Waals surface area (Å²) in [6.07, 6.45) is 0. The number of rotatable bonds is 7. The van der Waals surface area contributed by atoms with Gasteiger partial charge in [-0.05, 0) is 106 Å². The van der Waals surface area contributed by atoms with Crippen LogP contribution >= 0.6 is 0 Å². The number of benzene rings is 9. The van der Waals surface area contributed by atoms with Crippen LogP contribution in [0.5, 0.6) is 0 Å². The van der Waals surface area contributed by atoms with Gasteiger partial charge in [0.1, 0.15) is 11.2 Å². The Labute approximate surface area is 330 Å². The van der Waals surface area contributed by atoms with Gasteiger partial charge in [0.15, 0.2) is 0 Å². The summed E-state index contributed by atoms with van der Waals surface area (Å²) < 4.78 is 8.70. The number of hydrogen-bond acceptors (Lipinski definition) is 2. The van der Waals surface area contributed by atoms with Crippen molar-refractivity contribution in [3.05, 3.63) is 218 Å². The summed E-state index contributed by atoms with van der Waals surface area (Å²) >= 11 is 0. The predicted octanol–water partition coefficient (Wildman–Crippen LogP) is 15.2.